The lowest BCUT2D eigenvalue weighted by molar-refractivity contribution is -0.118. The van der Waals surface area contributed by atoms with E-state index in [4.69, 9.17) is 5.73 Å². The van der Waals surface area contributed by atoms with Crippen molar-refractivity contribution < 1.29 is 4.79 Å². The van der Waals surface area contributed by atoms with Gasteiger partial charge in [0, 0.05) is 31.4 Å². The highest BCUT2D eigenvalue weighted by atomic mass is 16.2. The molecule has 16 heavy (non-hydrogen) atoms. The number of carbonyl (C=O) groups is 1. The summed E-state index contributed by atoms with van der Waals surface area (Å²) in [6.45, 7) is 0.762. The summed E-state index contributed by atoms with van der Waals surface area (Å²) in [4.78, 5) is 15.5. The van der Waals surface area contributed by atoms with E-state index in [0.717, 1.165) is 12.2 Å². The fraction of sp³-hybridized carbons (Fsp3) is 0.417. The van der Waals surface area contributed by atoms with Crippen LogP contribution in [0.2, 0.25) is 0 Å². The van der Waals surface area contributed by atoms with Gasteiger partial charge in [-0.1, -0.05) is 0 Å². The summed E-state index contributed by atoms with van der Waals surface area (Å²) in [5, 5.41) is 0. The van der Waals surface area contributed by atoms with Crippen molar-refractivity contribution in [1.29, 1.82) is 0 Å². The van der Waals surface area contributed by atoms with Crippen molar-refractivity contribution in [3.63, 3.8) is 0 Å². The van der Waals surface area contributed by atoms with Gasteiger partial charge in [0.25, 0.3) is 0 Å². The number of anilines is 2. The molecule has 0 heterocycles. The average Bonchev–Trinajstić information content (AvgIpc) is 2.26. The maximum absolute atomic E-state index is 11.8. The average molecular weight is 221 g/mol. The molecule has 1 aromatic rings. The minimum absolute atomic E-state index is 0.110. The van der Waals surface area contributed by atoms with E-state index in [9.17, 15) is 4.79 Å². The van der Waals surface area contributed by atoms with E-state index in [2.05, 4.69) is 0 Å². The molecule has 0 radical (unpaired) electrons. The molecule has 4 nitrogen and oxygen atoms in total. The third-order valence-corrected chi connectivity index (χ3v) is 2.43. The highest BCUT2D eigenvalue weighted by molar-refractivity contribution is 5.93. The molecule has 0 aliphatic heterocycles. The fourth-order valence-corrected chi connectivity index (χ4v) is 1.33. The lowest BCUT2D eigenvalue weighted by atomic mass is 10.2. The third kappa shape index (κ3) is 3.55. The van der Waals surface area contributed by atoms with E-state index in [-0.39, 0.29) is 5.91 Å². The van der Waals surface area contributed by atoms with Gasteiger partial charge in [0.1, 0.15) is 0 Å². The lowest BCUT2D eigenvalue weighted by Gasteiger charge is -2.18. The predicted molar refractivity (Wildman–Crippen MR) is 67.4 cm³/mol. The molecule has 0 aromatic heterocycles. The number of amides is 1. The van der Waals surface area contributed by atoms with Crippen molar-refractivity contribution in [3.8, 4) is 0 Å². The van der Waals surface area contributed by atoms with E-state index < -0.39 is 0 Å². The Bertz CT molecular complexity index is 346. The summed E-state index contributed by atoms with van der Waals surface area (Å²) in [7, 11) is 5.69. The molecular weight excluding hydrogens is 202 g/mol. The summed E-state index contributed by atoms with van der Waals surface area (Å²) in [5.41, 5.74) is 7.17. The molecule has 1 aromatic carbocycles. The summed E-state index contributed by atoms with van der Waals surface area (Å²) < 4.78 is 0. The van der Waals surface area contributed by atoms with Crippen molar-refractivity contribution in [2.75, 3.05) is 38.3 Å². The first-order chi connectivity index (χ1) is 7.50. The minimum Gasteiger partial charge on any atom is -0.399 e. The number of nitrogens with zero attached hydrogens (tertiary/aromatic N) is 2. The van der Waals surface area contributed by atoms with Crippen LogP contribution in [-0.2, 0) is 4.79 Å². The zero-order valence-corrected chi connectivity index (χ0v) is 10.1. The number of hydrogen-bond acceptors (Lipinski definition) is 3. The first kappa shape index (κ1) is 12.5. The minimum atomic E-state index is 0.110. The monoisotopic (exact) mass is 221 g/mol. The Labute approximate surface area is 96.6 Å². The molecule has 0 spiro atoms. The van der Waals surface area contributed by atoms with Crippen LogP contribution in [-0.4, -0.2) is 38.5 Å². The molecule has 1 amide bonds. The molecule has 88 valence electrons. The van der Waals surface area contributed by atoms with Crippen molar-refractivity contribution in [3.05, 3.63) is 24.3 Å². The summed E-state index contributed by atoms with van der Waals surface area (Å²) in [5.74, 6) is 0.110. The number of nitrogens with two attached hydrogens (primary N) is 1. The highest BCUT2D eigenvalue weighted by Gasteiger charge is 2.10. The second kappa shape index (κ2) is 5.51. The Morgan fingerprint density at radius 2 is 1.75 bits per heavy atom. The van der Waals surface area contributed by atoms with Gasteiger partial charge in [-0.2, -0.15) is 0 Å². The standard InChI is InChI=1S/C12H19N3O/c1-14(2)9-8-12(16)15(3)11-6-4-10(13)5-7-11/h4-7H,8-9,13H2,1-3H3. The van der Waals surface area contributed by atoms with Crippen LogP contribution in [0.25, 0.3) is 0 Å². The normalized spacial score (nSPS) is 10.5. The summed E-state index contributed by atoms with van der Waals surface area (Å²) >= 11 is 0. The van der Waals surface area contributed by atoms with Crippen LogP contribution >= 0.6 is 0 Å². The number of benzene rings is 1. The molecule has 0 aliphatic rings. The van der Waals surface area contributed by atoms with E-state index in [0.29, 0.717) is 12.1 Å². The van der Waals surface area contributed by atoms with Crippen LogP contribution in [0.15, 0.2) is 24.3 Å². The van der Waals surface area contributed by atoms with Crippen LogP contribution in [0.3, 0.4) is 0 Å². The Morgan fingerprint density at radius 3 is 2.25 bits per heavy atom. The second-order valence-corrected chi connectivity index (χ2v) is 4.10. The Kier molecular flexibility index (Phi) is 4.31. The van der Waals surface area contributed by atoms with Gasteiger partial charge in [-0.25, -0.2) is 0 Å². The first-order valence-corrected chi connectivity index (χ1v) is 5.27. The Hall–Kier alpha value is -1.55. The van der Waals surface area contributed by atoms with E-state index in [1.54, 1.807) is 24.1 Å². The van der Waals surface area contributed by atoms with Gasteiger partial charge < -0.3 is 15.5 Å². The van der Waals surface area contributed by atoms with Crippen LogP contribution in [0.1, 0.15) is 6.42 Å². The quantitative estimate of drug-likeness (QED) is 0.777. The highest BCUT2D eigenvalue weighted by Crippen LogP contribution is 2.15. The zero-order valence-electron chi connectivity index (χ0n) is 10.1. The topological polar surface area (TPSA) is 49.6 Å². The van der Waals surface area contributed by atoms with E-state index in [1.807, 2.05) is 31.1 Å². The molecule has 0 saturated carbocycles. The van der Waals surface area contributed by atoms with E-state index >= 15 is 0 Å². The van der Waals surface area contributed by atoms with Crippen molar-refractivity contribution >= 4 is 17.3 Å². The molecular formula is C12H19N3O. The van der Waals surface area contributed by atoms with Gasteiger partial charge in [-0.15, -0.1) is 0 Å². The van der Waals surface area contributed by atoms with E-state index in [1.165, 1.54) is 0 Å². The largest absolute Gasteiger partial charge is 0.399 e. The lowest BCUT2D eigenvalue weighted by Crippen LogP contribution is -2.29. The molecule has 0 aliphatic carbocycles. The molecule has 0 saturated heterocycles. The van der Waals surface area contributed by atoms with Gasteiger partial charge in [0.15, 0.2) is 0 Å². The molecule has 0 bridgehead atoms. The predicted octanol–water partition coefficient (Wildman–Crippen LogP) is 1.18. The molecule has 0 atom stereocenters. The molecule has 0 unspecified atom stereocenters. The van der Waals surface area contributed by atoms with Gasteiger partial charge in [-0.3, -0.25) is 4.79 Å². The smallest absolute Gasteiger partial charge is 0.228 e. The molecule has 2 N–H and O–H groups in total. The zero-order chi connectivity index (χ0) is 12.1. The van der Waals surface area contributed by atoms with Gasteiger partial charge in [0.05, 0.1) is 0 Å². The SMILES string of the molecule is CN(C)CCC(=O)N(C)c1ccc(N)cc1. The van der Waals surface area contributed by atoms with Gasteiger partial charge in [0.2, 0.25) is 5.91 Å². The number of carbonyl (C=O) groups excluding carboxylic acids is 1. The Balaban J connectivity index is 2.59. The number of nitrogen functional groups attached to an aromatic ring is 1. The summed E-state index contributed by atoms with van der Waals surface area (Å²) in [6, 6.07) is 7.29. The maximum Gasteiger partial charge on any atom is 0.228 e. The van der Waals surface area contributed by atoms with Crippen molar-refractivity contribution in [1.82, 2.24) is 4.90 Å². The maximum atomic E-state index is 11.8. The third-order valence-electron chi connectivity index (χ3n) is 2.43. The molecule has 4 heteroatoms. The number of hydrogen-bond donors (Lipinski definition) is 1. The van der Waals surface area contributed by atoms with Crippen LogP contribution < -0.4 is 10.6 Å². The van der Waals surface area contributed by atoms with Gasteiger partial charge >= 0.3 is 0 Å². The van der Waals surface area contributed by atoms with Crippen molar-refractivity contribution in [2.45, 2.75) is 6.42 Å². The van der Waals surface area contributed by atoms with Crippen LogP contribution in [0, 0.1) is 0 Å². The Morgan fingerprint density at radius 1 is 1.19 bits per heavy atom. The van der Waals surface area contributed by atoms with Crippen LogP contribution in [0.4, 0.5) is 11.4 Å². The van der Waals surface area contributed by atoms with Gasteiger partial charge in [-0.05, 0) is 38.4 Å². The molecule has 1 rings (SSSR count). The fourth-order valence-electron chi connectivity index (χ4n) is 1.33. The number of rotatable bonds is 4. The van der Waals surface area contributed by atoms with Crippen molar-refractivity contribution in [2.24, 2.45) is 0 Å². The summed E-state index contributed by atoms with van der Waals surface area (Å²) in [6.07, 6.45) is 0.522. The first-order valence-electron chi connectivity index (χ1n) is 5.27. The van der Waals surface area contributed by atoms with Crippen LogP contribution in [0.5, 0.6) is 0 Å². The second-order valence-electron chi connectivity index (χ2n) is 4.10. The molecule has 0 fully saturated rings.